The van der Waals surface area contributed by atoms with Crippen molar-refractivity contribution in [2.24, 2.45) is 5.16 Å². The smallest absolute Gasteiger partial charge is 0.123 e. The van der Waals surface area contributed by atoms with Crippen LogP contribution in [-0.2, 0) is 11.2 Å². The number of oxime groups is 1. The van der Waals surface area contributed by atoms with Gasteiger partial charge < -0.3 is 14.7 Å². The van der Waals surface area contributed by atoms with Crippen LogP contribution in [0.25, 0.3) is 0 Å². The van der Waals surface area contributed by atoms with E-state index in [1.54, 1.807) is 7.11 Å². The molecular formula is C13H17NO3. The number of methoxy groups -OCH3 is 1. The van der Waals surface area contributed by atoms with Crippen LogP contribution in [0.3, 0.4) is 0 Å². The third kappa shape index (κ3) is 2.58. The molecule has 92 valence electrons. The molecule has 0 spiro atoms. The largest absolute Gasteiger partial charge is 0.491 e. The molecule has 0 aliphatic heterocycles. The topological polar surface area (TPSA) is 51.0 Å². The summed E-state index contributed by atoms with van der Waals surface area (Å²) in [6, 6.07) is 5.86. The van der Waals surface area contributed by atoms with Crippen LogP contribution in [0.4, 0.5) is 0 Å². The summed E-state index contributed by atoms with van der Waals surface area (Å²) in [5, 5.41) is 12.3. The summed E-state index contributed by atoms with van der Waals surface area (Å²) < 4.78 is 10.6. The SMILES string of the molecule is COCCOc1cccc2c1CCCC2=NO. The lowest BCUT2D eigenvalue weighted by atomic mass is 9.89. The Kier molecular flexibility index (Phi) is 3.98. The number of ether oxygens (including phenoxy) is 2. The van der Waals surface area contributed by atoms with Gasteiger partial charge in [-0.1, -0.05) is 17.3 Å². The number of hydrogen-bond acceptors (Lipinski definition) is 4. The van der Waals surface area contributed by atoms with E-state index in [0.29, 0.717) is 13.2 Å². The fourth-order valence-electron chi connectivity index (χ4n) is 2.14. The highest BCUT2D eigenvalue weighted by molar-refractivity contribution is 6.02. The van der Waals surface area contributed by atoms with Gasteiger partial charge in [0, 0.05) is 18.2 Å². The first-order valence-electron chi connectivity index (χ1n) is 5.81. The molecule has 0 saturated carbocycles. The maximum absolute atomic E-state index is 8.97. The van der Waals surface area contributed by atoms with Crippen LogP contribution in [0.15, 0.2) is 23.4 Å². The van der Waals surface area contributed by atoms with Crippen molar-refractivity contribution in [1.29, 1.82) is 0 Å². The third-order valence-corrected chi connectivity index (χ3v) is 2.95. The van der Waals surface area contributed by atoms with Gasteiger partial charge in [-0.2, -0.15) is 0 Å². The maximum Gasteiger partial charge on any atom is 0.123 e. The van der Waals surface area contributed by atoms with Crippen molar-refractivity contribution in [2.45, 2.75) is 19.3 Å². The van der Waals surface area contributed by atoms with E-state index in [0.717, 1.165) is 41.9 Å². The van der Waals surface area contributed by atoms with Crippen LogP contribution < -0.4 is 4.74 Å². The monoisotopic (exact) mass is 235 g/mol. The Balaban J connectivity index is 2.23. The van der Waals surface area contributed by atoms with E-state index in [4.69, 9.17) is 14.7 Å². The van der Waals surface area contributed by atoms with Gasteiger partial charge in [-0.05, 0) is 25.3 Å². The van der Waals surface area contributed by atoms with Crippen molar-refractivity contribution >= 4 is 5.71 Å². The summed E-state index contributed by atoms with van der Waals surface area (Å²) in [5.74, 6) is 0.875. The lowest BCUT2D eigenvalue weighted by molar-refractivity contribution is 0.145. The van der Waals surface area contributed by atoms with Crippen molar-refractivity contribution in [3.63, 3.8) is 0 Å². The quantitative estimate of drug-likeness (QED) is 0.494. The molecule has 0 aromatic heterocycles. The van der Waals surface area contributed by atoms with E-state index in [1.165, 1.54) is 0 Å². The second kappa shape index (κ2) is 5.68. The van der Waals surface area contributed by atoms with Gasteiger partial charge in [0.15, 0.2) is 0 Å². The van der Waals surface area contributed by atoms with Crippen LogP contribution in [0.1, 0.15) is 24.0 Å². The van der Waals surface area contributed by atoms with Gasteiger partial charge in [0.25, 0.3) is 0 Å². The molecule has 0 heterocycles. The van der Waals surface area contributed by atoms with Gasteiger partial charge in [0.05, 0.1) is 12.3 Å². The first-order valence-corrected chi connectivity index (χ1v) is 5.81. The Bertz CT molecular complexity index is 415. The van der Waals surface area contributed by atoms with Crippen molar-refractivity contribution < 1.29 is 14.7 Å². The summed E-state index contributed by atoms with van der Waals surface area (Å²) in [7, 11) is 1.65. The Morgan fingerprint density at radius 1 is 1.29 bits per heavy atom. The predicted molar refractivity (Wildman–Crippen MR) is 65.1 cm³/mol. The molecule has 4 heteroatoms. The molecule has 0 unspecified atom stereocenters. The molecular weight excluding hydrogens is 218 g/mol. The number of fused-ring (bicyclic) bond motifs is 1. The van der Waals surface area contributed by atoms with Crippen molar-refractivity contribution in [3.05, 3.63) is 29.3 Å². The number of rotatable bonds is 4. The Morgan fingerprint density at radius 2 is 2.18 bits per heavy atom. The first-order chi connectivity index (χ1) is 8.36. The van der Waals surface area contributed by atoms with Crippen molar-refractivity contribution in [3.8, 4) is 5.75 Å². The molecule has 1 aromatic rings. The van der Waals surface area contributed by atoms with Gasteiger partial charge in [-0.25, -0.2) is 0 Å². The second-order valence-electron chi connectivity index (χ2n) is 4.02. The van der Waals surface area contributed by atoms with Gasteiger partial charge in [-0.3, -0.25) is 0 Å². The van der Waals surface area contributed by atoms with E-state index in [1.807, 2.05) is 18.2 Å². The molecule has 0 fully saturated rings. The van der Waals surface area contributed by atoms with Crippen LogP contribution in [0.2, 0.25) is 0 Å². The normalized spacial score (nSPS) is 16.9. The minimum atomic E-state index is 0.540. The zero-order valence-corrected chi connectivity index (χ0v) is 9.98. The summed E-state index contributed by atoms with van der Waals surface area (Å²) >= 11 is 0. The molecule has 1 aliphatic carbocycles. The maximum atomic E-state index is 8.97. The minimum absolute atomic E-state index is 0.540. The van der Waals surface area contributed by atoms with Crippen LogP contribution in [-0.4, -0.2) is 31.2 Å². The van der Waals surface area contributed by atoms with Crippen molar-refractivity contribution in [1.82, 2.24) is 0 Å². The summed E-state index contributed by atoms with van der Waals surface area (Å²) in [6.45, 7) is 1.11. The Hall–Kier alpha value is -1.55. The molecule has 1 aliphatic rings. The van der Waals surface area contributed by atoms with Crippen LogP contribution in [0, 0.1) is 0 Å². The number of nitrogens with zero attached hydrogens (tertiary/aromatic N) is 1. The molecule has 0 bridgehead atoms. The van der Waals surface area contributed by atoms with Gasteiger partial charge in [-0.15, -0.1) is 0 Å². The lowest BCUT2D eigenvalue weighted by Gasteiger charge is -2.20. The third-order valence-electron chi connectivity index (χ3n) is 2.95. The van der Waals surface area contributed by atoms with E-state index in [9.17, 15) is 0 Å². The zero-order valence-electron chi connectivity index (χ0n) is 9.98. The molecule has 17 heavy (non-hydrogen) atoms. The zero-order chi connectivity index (χ0) is 12.1. The molecule has 2 rings (SSSR count). The highest BCUT2D eigenvalue weighted by Crippen LogP contribution is 2.29. The number of benzene rings is 1. The van der Waals surface area contributed by atoms with E-state index >= 15 is 0 Å². The minimum Gasteiger partial charge on any atom is -0.491 e. The highest BCUT2D eigenvalue weighted by Gasteiger charge is 2.19. The van der Waals surface area contributed by atoms with Crippen LogP contribution >= 0.6 is 0 Å². The predicted octanol–water partition coefficient (Wildman–Crippen LogP) is 2.23. The first kappa shape index (κ1) is 11.9. The fraction of sp³-hybridized carbons (Fsp3) is 0.462. The average molecular weight is 235 g/mol. The van der Waals surface area contributed by atoms with E-state index in [-0.39, 0.29) is 0 Å². The van der Waals surface area contributed by atoms with Gasteiger partial charge >= 0.3 is 0 Å². The van der Waals surface area contributed by atoms with Crippen LogP contribution in [0.5, 0.6) is 5.75 Å². The number of hydrogen-bond donors (Lipinski definition) is 1. The van der Waals surface area contributed by atoms with E-state index in [2.05, 4.69) is 5.16 Å². The summed E-state index contributed by atoms with van der Waals surface area (Å²) in [6.07, 6.45) is 2.79. The molecule has 0 saturated heterocycles. The van der Waals surface area contributed by atoms with Crippen molar-refractivity contribution in [2.75, 3.05) is 20.3 Å². The molecule has 1 aromatic carbocycles. The fourth-order valence-corrected chi connectivity index (χ4v) is 2.14. The molecule has 0 amide bonds. The molecule has 0 atom stereocenters. The molecule has 0 radical (unpaired) electrons. The average Bonchev–Trinajstić information content (AvgIpc) is 2.38. The molecule has 4 nitrogen and oxygen atoms in total. The summed E-state index contributed by atoms with van der Waals surface area (Å²) in [4.78, 5) is 0. The van der Waals surface area contributed by atoms with Gasteiger partial charge in [0.2, 0.25) is 0 Å². The van der Waals surface area contributed by atoms with E-state index < -0.39 is 0 Å². The van der Waals surface area contributed by atoms with Gasteiger partial charge in [0.1, 0.15) is 12.4 Å². The molecule has 1 N–H and O–H groups in total. The highest BCUT2D eigenvalue weighted by atomic mass is 16.5. The second-order valence-corrected chi connectivity index (χ2v) is 4.02. The Morgan fingerprint density at radius 3 is 2.94 bits per heavy atom. The lowest BCUT2D eigenvalue weighted by Crippen LogP contribution is -2.14. The Labute approximate surface area is 101 Å². The summed E-state index contributed by atoms with van der Waals surface area (Å²) in [5.41, 5.74) is 2.90. The standard InChI is InChI=1S/C13H17NO3/c1-16-8-9-17-13-7-3-4-10-11(13)5-2-6-12(10)14-15/h3-4,7,15H,2,5-6,8-9H2,1H3.